The Morgan fingerprint density at radius 1 is 0.926 bits per heavy atom. The van der Waals surface area contributed by atoms with Gasteiger partial charge in [0.1, 0.15) is 0 Å². The molecule has 1 aliphatic heterocycles. The van der Waals surface area contributed by atoms with Gasteiger partial charge in [0.25, 0.3) is 0 Å². The zero-order valence-electron chi connectivity index (χ0n) is 14.5. The van der Waals surface area contributed by atoms with Gasteiger partial charge in [-0.05, 0) is 59.0 Å². The van der Waals surface area contributed by atoms with E-state index in [-0.39, 0.29) is 19.2 Å². The van der Waals surface area contributed by atoms with Crippen LogP contribution in [0.2, 0.25) is 0 Å². The van der Waals surface area contributed by atoms with Crippen molar-refractivity contribution in [3.05, 3.63) is 70.8 Å². The highest BCUT2D eigenvalue weighted by atomic mass is 16.7. The molecule has 3 aromatic carbocycles. The molecule has 0 unspecified atom stereocenters. The number of hydrogen-bond donors (Lipinski definition) is 0. The van der Waals surface area contributed by atoms with Gasteiger partial charge >= 0.3 is 5.97 Å². The lowest BCUT2D eigenvalue weighted by molar-refractivity contribution is 0.0476. The fraction of sp³-hybridized carbons (Fsp3) is 0.182. The van der Waals surface area contributed by atoms with Gasteiger partial charge in [-0.2, -0.15) is 0 Å². The molecule has 0 atom stereocenters. The summed E-state index contributed by atoms with van der Waals surface area (Å²) in [7, 11) is 0. The average Bonchev–Trinajstić information content (AvgIpc) is 3.33. The van der Waals surface area contributed by atoms with E-state index in [0.717, 1.165) is 23.6 Å². The van der Waals surface area contributed by atoms with Crippen LogP contribution in [-0.2, 0) is 17.6 Å². The first-order valence-electron chi connectivity index (χ1n) is 8.84. The minimum atomic E-state index is -0.486. The summed E-state index contributed by atoms with van der Waals surface area (Å²) in [5.74, 6) is 0.364. The van der Waals surface area contributed by atoms with Crippen LogP contribution < -0.4 is 9.47 Å². The number of carbonyl (C=O) groups excluding carboxylic acids is 2. The van der Waals surface area contributed by atoms with Crippen LogP contribution in [-0.4, -0.2) is 25.2 Å². The van der Waals surface area contributed by atoms with Crippen molar-refractivity contribution in [2.75, 3.05) is 13.4 Å². The number of carbonyl (C=O) groups is 2. The monoisotopic (exact) mass is 360 g/mol. The smallest absolute Gasteiger partial charge is 0.339 e. The largest absolute Gasteiger partial charge is 0.454 e. The average molecular weight is 360 g/mol. The fourth-order valence-electron chi connectivity index (χ4n) is 3.79. The third-order valence-corrected chi connectivity index (χ3v) is 5.13. The van der Waals surface area contributed by atoms with Gasteiger partial charge in [0.05, 0.1) is 5.56 Å². The lowest BCUT2D eigenvalue weighted by Gasteiger charge is -2.09. The summed E-state index contributed by atoms with van der Waals surface area (Å²) in [6.45, 7) is -0.172. The molecule has 0 amide bonds. The molecule has 0 N–H and O–H groups in total. The van der Waals surface area contributed by atoms with Crippen molar-refractivity contribution < 1.29 is 23.8 Å². The maximum absolute atomic E-state index is 12.6. The molecule has 5 nitrogen and oxygen atoms in total. The van der Waals surface area contributed by atoms with Gasteiger partial charge in [-0.25, -0.2) is 4.79 Å². The first kappa shape index (κ1) is 15.9. The number of hydrogen-bond acceptors (Lipinski definition) is 5. The van der Waals surface area contributed by atoms with E-state index < -0.39 is 5.97 Å². The minimum absolute atomic E-state index is 0.146. The second-order valence-electron chi connectivity index (χ2n) is 6.68. The standard InChI is InChI=1S/C22H16O5/c23-18(15-7-9-19-20(10-15)27-12-26-19)11-25-22(24)17-8-6-14-5-4-13-2-1-3-16(17)21(13)14/h1-3,6-10H,4-5,11-12H2. The first-order chi connectivity index (χ1) is 13.2. The van der Waals surface area contributed by atoms with Crippen LogP contribution in [0.15, 0.2) is 48.5 Å². The van der Waals surface area contributed by atoms with Crippen LogP contribution in [0, 0.1) is 0 Å². The molecule has 0 fully saturated rings. The molecule has 0 radical (unpaired) electrons. The molecular weight excluding hydrogens is 344 g/mol. The normalized spacial score (nSPS) is 13.8. The number of fused-ring (bicyclic) bond motifs is 1. The van der Waals surface area contributed by atoms with Gasteiger partial charge < -0.3 is 14.2 Å². The van der Waals surface area contributed by atoms with Crippen molar-refractivity contribution in [2.45, 2.75) is 12.8 Å². The molecule has 5 rings (SSSR count). The fourth-order valence-corrected chi connectivity index (χ4v) is 3.79. The Hall–Kier alpha value is -3.34. The van der Waals surface area contributed by atoms with Crippen LogP contribution in [0.5, 0.6) is 11.5 Å². The summed E-state index contributed by atoms with van der Waals surface area (Å²) in [4.78, 5) is 25.0. The van der Waals surface area contributed by atoms with Crippen LogP contribution in [0.4, 0.5) is 0 Å². The molecule has 0 saturated carbocycles. The number of benzene rings is 3. The molecule has 1 heterocycles. The van der Waals surface area contributed by atoms with E-state index in [2.05, 4.69) is 6.07 Å². The molecule has 0 aromatic heterocycles. The Balaban J connectivity index is 1.36. The van der Waals surface area contributed by atoms with Crippen molar-refractivity contribution in [2.24, 2.45) is 0 Å². The zero-order chi connectivity index (χ0) is 18.4. The molecule has 5 heteroatoms. The van der Waals surface area contributed by atoms with E-state index >= 15 is 0 Å². The van der Waals surface area contributed by atoms with Crippen molar-refractivity contribution in [3.63, 3.8) is 0 Å². The molecule has 2 aliphatic rings. The van der Waals surface area contributed by atoms with Crippen molar-refractivity contribution in [3.8, 4) is 11.5 Å². The molecular formula is C22H16O5. The quantitative estimate of drug-likeness (QED) is 0.524. The van der Waals surface area contributed by atoms with E-state index in [1.807, 2.05) is 18.2 Å². The van der Waals surface area contributed by atoms with E-state index in [1.165, 1.54) is 11.1 Å². The molecule has 134 valence electrons. The molecule has 0 bridgehead atoms. The highest BCUT2D eigenvalue weighted by molar-refractivity contribution is 6.08. The lowest BCUT2D eigenvalue weighted by atomic mass is 10.00. The predicted octanol–water partition coefficient (Wildman–Crippen LogP) is 3.71. The number of aryl methyl sites for hydroxylation is 2. The maximum atomic E-state index is 12.6. The highest BCUT2D eigenvalue weighted by Gasteiger charge is 2.21. The maximum Gasteiger partial charge on any atom is 0.339 e. The summed E-state index contributed by atoms with van der Waals surface area (Å²) in [6.07, 6.45) is 1.99. The van der Waals surface area contributed by atoms with Gasteiger partial charge in [0, 0.05) is 5.56 Å². The number of Topliss-reactive ketones (excluding diaryl/α,β-unsaturated/α-hetero) is 1. The van der Waals surface area contributed by atoms with E-state index in [1.54, 1.807) is 24.3 Å². The molecule has 3 aromatic rings. The van der Waals surface area contributed by atoms with Gasteiger partial charge in [0.2, 0.25) is 6.79 Å². The molecule has 0 saturated heterocycles. The first-order valence-corrected chi connectivity index (χ1v) is 8.84. The van der Waals surface area contributed by atoms with Crippen LogP contribution in [0.3, 0.4) is 0 Å². The van der Waals surface area contributed by atoms with E-state index in [0.29, 0.717) is 22.6 Å². The van der Waals surface area contributed by atoms with E-state index in [9.17, 15) is 9.59 Å². The van der Waals surface area contributed by atoms with Crippen molar-refractivity contribution >= 4 is 22.5 Å². The number of ketones is 1. The molecule has 1 aliphatic carbocycles. The SMILES string of the molecule is O=C(COC(=O)c1ccc2c3c(cccc13)CC2)c1ccc2c(c1)OCO2. The Bertz CT molecular complexity index is 1090. The second kappa shape index (κ2) is 6.13. The Morgan fingerprint density at radius 2 is 1.74 bits per heavy atom. The van der Waals surface area contributed by atoms with Crippen LogP contribution >= 0.6 is 0 Å². The number of esters is 1. The number of ether oxygens (including phenoxy) is 3. The molecule has 27 heavy (non-hydrogen) atoms. The van der Waals surface area contributed by atoms with Gasteiger partial charge in [-0.15, -0.1) is 0 Å². The molecule has 0 spiro atoms. The summed E-state index contributed by atoms with van der Waals surface area (Å²) in [5.41, 5.74) is 3.44. The second-order valence-corrected chi connectivity index (χ2v) is 6.68. The Kier molecular flexibility index (Phi) is 3.60. The topological polar surface area (TPSA) is 61.8 Å². The van der Waals surface area contributed by atoms with Gasteiger partial charge in [-0.3, -0.25) is 4.79 Å². The van der Waals surface area contributed by atoms with Gasteiger partial charge in [-0.1, -0.05) is 24.3 Å². The zero-order valence-corrected chi connectivity index (χ0v) is 14.5. The van der Waals surface area contributed by atoms with E-state index in [4.69, 9.17) is 14.2 Å². The summed E-state index contributed by atoms with van der Waals surface area (Å²) < 4.78 is 15.8. The highest BCUT2D eigenvalue weighted by Crippen LogP contribution is 2.34. The van der Waals surface area contributed by atoms with Crippen molar-refractivity contribution in [1.82, 2.24) is 0 Å². The third kappa shape index (κ3) is 2.63. The van der Waals surface area contributed by atoms with Crippen LogP contribution in [0.1, 0.15) is 31.8 Å². The summed E-state index contributed by atoms with van der Waals surface area (Å²) in [6, 6.07) is 14.7. The predicted molar refractivity (Wildman–Crippen MR) is 98.5 cm³/mol. The summed E-state index contributed by atoms with van der Waals surface area (Å²) >= 11 is 0. The minimum Gasteiger partial charge on any atom is -0.454 e. The lowest BCUT2D eigenvalue weighted by Crippen LogP contribution is -2.14. The van der Waals surface area contributed by atoms with Crippen LogP contribution in [0.25, 0.3) is 10.8 Å². The Morgan fingerprint density at radius 3 is 2.63 bits per heavy atom. The third-order valence-electron chi connectivity index (χ3n) is 5.13. The van der Waals surface area contributed by atoms with Crippen molar-refractivity contribution in [1.29, 1.82) is 0 Å². The van der Waals surface area contributed by atoms with Gasteiger partial charge in [0.15, 0.2) is 23.9 Å². The number of rotatable bonds is 4. The summed E-state index contributed by atoms with van der Waals surface area (Å²) in [5, 5.41) is 2.04. The Labute approximate surface area is 155 Å².